The largest absolute Gasteiger partial charge is 0.550 e. The van der Waals surface area contributed by atoms with Gasteiger partial charge in [0.25, 0.3) is 0 Å². The highest BCUT2D eigenvalue weighted by Gasteiger charge is 2.61. The summed E-state index contributed by atoms with van der Waals surface area (Å²) in [7, 11) is 0. The van der Waals surface area contributed by atoms with Gasteiger partial charge in [-0.05, 0) is 30.0 Å². The molecule has 2 unspecified atom stereocenters. The molecule has 1 aliphatic carbocycles. The van der Waals surface area contributed by atoms with Crippen molar-refractivity contribution in [3.8, 4) is 5.75 Å². The second-order valence-electron chi connectivity index (χ2n) is 3.93. The van der Waals surface area contributed by atoms with Gasteiger partial charge >= 0.3 is 0 Å². The van der Waals surface area contributed by atoms with Gasteiger partial charge in [0.15, 0.2) is 0 Å². The molecule has 0 radical (unpaired) electrons. The molecule has 1 N–H and O–H groups in total. The van der Waals surface area contributed by atoms with Gasteiger partial charge in [0, 0.05) is 11.9 Å². The first-order valence-electron chi connectivity index (χ1n) is 4.79. The fourth-order valence-corrected chi connectivity index (χ4v) is 3.71. The standard InChI is InChI=1S/C11H10Br2O3/c12-11(13)8(5-9(15)16)10(11)6-1-3-7(14)4-2-6/h1-4,8,10,14H,5H2,(H,15,16)/p-1. The lowest BCUT2D eigenvalue weighted by molar-refractivity contribution is -0.306. The van der Waals surface area contributed by atoms with E-state index in [1.165, 1.54) is 0 Å². The maximum atomic E-state index is 10.6. The van der Waals surface area contributed by atoms with E-state index in [1.807, 2.05) is 0 Å². The first-order valence-corrected chi connectivity index (χ1v) is 6.38. The topological polar surface area (TPSA) is 60.4 Å². The number of benzene rings is 1. The van der Waals surface area contributed by atoms with E-state index in [4.69, 9.17) is 0 Å². The van der Waals surface area contributed by atoms with Crippen LogP contribution in [-0.2, 0) is 4.79 Å². The SMILES string of the molecule is O=C([O-])CC1C(c2ccc(O)cc2)C1(Br)Br. The summed E-state index contributed by atoms with van der Waals surface area (Å²) in [5, 5.41) is 19.7. The smallest absolute Gasteiger partial charge is 0.115 e. The molecule has 1 aliphatic rings. The van der Waals surface area contributed by atoms with Crippen LogP contribution < -0.4 is 5.11 Å². The summed E-state index contributed by atoms with van der Waals surface area (Å²) < 4.78 is -0.364. The van der Waals surface area contributed by atoms with E-state index in [2.05, 4.69) is 31.9 Å². The van der Waals surface area contributed by atoms with Crippen LogP contribution in [0.25, 0.3) is 0 Å². The van der Waals surface area contributed by atoms with Crippen molar-refractivity contribution in [1.29, 1.82) is 0 Å². The van der Waals surface area contributed by atoms with E-state index < -0.39 is 5.97 Å². The zero-order valence-electron chi connectivity index (χ0n) is 8.19. The molecule has 16 heavy (non-hydrogen) atoms. The van der Waals surface area contributed by atoms with Crippen molar-refractivity contribution in [3.05, 3.63) is 29.8 Å². The third kappa shape index (κ3) is 2.11. The van der Waals surface area contributed by atoms with Crippen molar-refractivity contribution in [2.45, 2.75) is 15.6 Å². The summed E-state index contributed by atoms with van der Waals surface area (Å²) in [4.78, 5) is 10.6. The predicted octanol–water partition coefficient (Wildman–Crippen LogP) is 1.73. The minimum absolute atomic E-state index is 0.0159. The molecule has 3 nitrogen and oxygen atoms in total. The molecule has 1 saturated carbocycles. The van der Waals surface area contributed by atoms with Crippen molar-refractivity contribution in [2.75, 3.05) is 0 Å². The van der Waals surface area contributed by atoms with Gasteiger partial charge in [0.2, 0.25) is 0 Å². The van der Waals surface area contributed by atoms with Gasteiger partial charge < -0.3 is 15.0 Å². The highest BCUT2D eigenvalue weighted by Crippen LogP contribution is 2.68. The number of phenols is 1. The number of carboxylic acids is 1. The Kier molecular flexibility index (Phi) is 3.01. The van der Waals surface area contributed by atoms with Crippen LogP contribution in [-0.4, -0.2) is 14.3 Å². The summed E-state index contributed by atoms with van der Waals surface area (Å²) >= 11 is 6.93. The summed E-state index contributed by atoms with van der Waals surface area (Å²) in [5.74, 6) is -0.779. The number of hydrogen-bond donors (Lipinski definition) is 1. The van der Waals surface area contributed by atoms with Crippen molar-refractivity contribution in [1.82, 2.24) is 0 Å². The molecule has 2 rings (SSSR count). The number of carboxylic acid groups (broad SMARTS) is 1. The Morgan fingerprint density at radius 3 is 2.44 bits per heavy atom. The first-order chi connectivity index (χ1) is 7.43. The molecule has 0 bridgehead atoms. The Balaban J connectivity index is 2.17. The molecule has 1 aromatic carbocycles. The summed E-state index contributed by atoms with van der Waals surface area (Å²) in [6.07, 6.45) is 0.0159. The van der Waals surface area contributed by atoms with Gasteiger partial charge in [-0.25, -0.2) is 0 Å². The molecule has 5 heteroatoms. The number of hydrogen-bond acceptors (Lipinski definition) is 3. The van der Waals surface area contributed by atoms with E-state index >= 15 is 0 Å². The number of carbonyl (C=O) groups excluding carboxylic acids is 1. The number of alkyl halides is 2. The molecule has 0 heterocycles. The van der Waals surface area contributed by atoms with Gasteiger partial charge in [0.05, 0.1) is 3.23 Å². The van der Waals surface area contributed by atoms with Crippen molar-refractivity contribution >= 4 is 37.8 Å². The van der Waals surface area contributed by atoms with Crippen LogP contribution in [0.3, 0.4) is 0 Å². The van der Waals surface area contributed by atoms with Gasteiger partial charge in [-0.15, -0.1) is 0 Å². The molecule has 1 aromatic rings. The third-order valence-corrected chi connectivity index (χ3v) is 5.00. The number of halogens is 2. The summed E-state index contributed by atoms with van der Waals surface area (Å²) in [5.41, 5.74) is 0.998. The number of aliphatic carboxylic acids is 1. The molecule has 86 valence electrons. The quantitative estimate of drug-likeness (QED) is 0.846. The second-order valence-corrected chi connectivity index (χ2v) is 7.61. The van der Waals surface area contributed by atoms with Crippen LogP contribution in [0.15, 0.2) is 24.3 Å². The Labute approximate surface area is 110 Å². The average molecular weight is 349 g/mol. The Morgan fingerprint density at radius 2 is 1.94 bits per heavy atom. The normalized spacial score (nSPS) is 26.4. The van der Waals surface area contributed by atoms with Crippen LogP contribution in [0, 0.1) is 5.92 Å². The lowest BCUT2D eigenvalue weighted by Crippen LogP contribution is -2.23. The monoisotopic (exact) mass is 347 g/mol. The zero-order chi connectivity index (χ0) is 11.9. The summed E-state index contributed by atoms with van der Waals surface area (Å²) in [6, 6.07) is 6.79. The van der Waals surface area contributed by atoms with E-state index in [1.54, 1.807) is 24.3 Å². The average Bonchev–Trinajstić information content (AvgIpc) is 2.69. The summed E-state index contributed by atoms with van der Waals surface area (Å²) in [6.45, 7) is 0. The van der Waals surface area contributed by atoms with E-state index in [-0.39, 0.29) is 27.2 Å². The molecule has 0 saturated heterocycles. The number of phenolic OH excluding ortho intramolecular Hbond substituents is 1. The van der Waals surface area contributed by atoms with E-state index in [0.29, 0.717) is 0 Å². The maximum absolute atomic E-state index is 10.6. The zero-order valence-corrected chi connectivity index (χ0v) is 11.4. The number of rotatable bonds is 3. The van der Waals surface area contributed by atoms with Crippen LogP contribution >= 0.6 is 31.9 Å². The molecule has 0 spiro atoms. The van der Waals surface area contributed by atoms with Crippen LogP contribution in [0.4, 0.5) is 0 Å². The molecule has 0 aliphatic heterocycles. The predicted molar refractivity (Wildman–Crippen MR) is 64.5 cm³/mol. The van der Waals surface area contributed by atoms with Gasteiger partial charge in [-0.1, -0.05) is 44.0 Å². The lowest BCUT2D eigenvalue weighted by Gasteiger charge is -2.01. The number of carbonyl (C=O) groups is 1. The van der Waals surface area contributed by atoms with Gasteiger partial charge in [-0.3, -0.25) is 0 Å². The Hall–Kier alpha value is -0.550. The second kappa shape index (κ2) is 4.04. The lowest BCUT2D eigenvalue weighted by atomic mass is 10.1. The highest BCUT2D eigenvalue weighted by molar-refractivity contribution is 9.25. The molecular formula is C11H9Br2O3-. The van der Waals surface area contributed by atoms with Crippen molar-refractivity contribution in [2.24, 2.45) is 5.92 Å². The van der Waals surface area contributed by atoms with Crippen LogP contribution in [0.2, 0.25) is 0 Å². The fraction of sp³-hybridized carbons (Fsp3) is 0.364. The van der Waals surface area contributed by atoms with Crippen molar-refractivity contribution in [3.63, 3.8) is 0 Å². The minimum Gasteiger partial charge on any atom is -0.550 e. The highest BCUT2D eigenvalue weighted by atomic mass is 79.9. The molecule has 1 fully saturated rings. The van der Waals surface area contributed by atoms with Crippen LogP contribution in [0.1, 0.15) is 17.9 Å². The molecule has 0 aromatic heterocycles. The molecular weight excluding hydrogens is 340 g/mol. The van der Waals surface area contributed by atoms with Gasteiger partial charge in [-0.2, -0.15) is 0 Å². The van der Waals surface area contributed by atoms with Gasteiger partial charge in [0.1, 0.15) is 5.75 Å². The Bertz CT molecular complexity index is 414. The Morgan fingerprint density at radius 1 is 1.38 bits per heavy atom. The minimum atomic E-state index is -1.05. The maximum Gasteiger partial charge on any atom is 0.115 e. The van der Waals surface area contributed by atoms with Crippen molar-refractivity contribution < 1.29 is 15.0 Å². The van der Waals surface area contributed by atoms with Crippen LogP contribution in [0.5, 0.6) is 5.75 Å². The number of aromatic hydroxyl groups is 1. The van der Waals surface area contributed by atoms with E-state index in [9.17, 15) is 15.0 Å². The van der Waals surface area contributed by atoms with E-state index in [0.717, 1.165) is 5.56 Å². The molecule has 2 atom stereocenters. The fourth-order valence-electron chi connectivity index (χ4n) is 1.96. The third-order valence-electron chi connectivity index (χ3n) is 2.84. The molecule has 0 amide bonds. The first kappa shape index (κ1) is 11.9.